The molecule has 30 heavy (non-hydrogen) atoms. The van der Waals surface area contributed by atoms with Gasteiger partial charge in [0.15, 0.2) is 0 Å². The van der Waals surface area contributed by atoms with Crippen LogP contribution >= 0.6 is 0 Å². The zero-order valence-electron chi connectivity index (χ0n) is 15.6. The summed E-state index contributed by atoms with van der Waals surface area (Å²) in [5.41, 5.74) is 0.663. The highest BCUT2D eigenvalue weighted by molar-refractivity contribution is 7.89. The van der Waals surface area contributed by atoms with Crippen molar-refractivity contribution in [2.75, 3.05) is 13.1 Å². The Labute approximate surface area is 171 Å². The first-order valence-corrected chi connectivity index (χ1v) is 10.4. The van der Waals surface area contributed by atoms with Crippen molar-refractivity contribution in [3.05, 3.63) is 71.9 Å². The fourth-order valence-corrected chi connectivity index (χ4v) is 3.88. The number of rotatable bonds is 7. The second-order valence-electron chi connectivity index (χ2n) is 6.44. The predicted molar refractivity (Wildman–Crippen MR) is 105 cm³/mol. The molecule has 0 saturated heterocycles. The molecule has 0 aliphatic rings. The quantitative estimate of drug-likeness (QED) is 0.595. The van der Waals surface area contributed by atoms with Gasteiger partial charge in [0.1, 0.15) is 0 Å². The molecule has 0 aliphatic heterocycles. The van der Waals surface area contributed by atoms with Gasteiger partial charge >= 0.3 is 6.18 Å². The van der Waals surface area contributed by atoms with Crippen LogP contribution in [0.1, 0.15) is 11.1 Å². The molecule has 0 aliphatic carbocycles. The van der Waals surface area contributed by atoms with Crippen LogP contribution < -0.4 is 10.0 Å². The van der Waals surface area contributed by atoms with E-state index in [2.05, 4.69) is 10.3 Å². The van der Waals surface area contributed by atoms with Gasteiger partial charge in [-0.15, -0.1) is 0 Å². The van der Waals surface area contributed by atoms with E-state index >= 15 is 0 Å². The lowest BCUT2D eigenvalue weighted by Crippen LogP contribution is -2.37. The van der Waals surface area contributed by atoms with Crippen molar-refractivity contribution in [3.63, 3.8) is 0 Å². The first-order chi connectivity index (χ1) is 14.2. The van der Waals surface area contributed by atoms with E-state index in [0.717, 1.165) is 34.7 Å². The van der Waals surface area contributed by atoms with Crippen molar-refractivity contribution in [2.45, 2.75) is 17.5 Å². The highest BCUT2D eigenvalue weighted by Crippen LogP contribution is 2.30. The van der Waals surface area contributed by atoms with Gasteiger partial charge in [0.05, 0.1) is 22.5 Å². The second-order valence-corrected chi connectivity index (χ2v) is 8.21. The molecule has 2 N–H and O–H groups in total. The number of pyridine rings is 1. The molecule has 0 atom stereocenters. The number of nitrogens with one attached hydrogen (secondary N) is 2. The van der Waals surface area contributed by atoms with Crippen LogP contribution in [0.25, 0.3) is 10.9 Å². The number of benzene rings is 2. The second kappa shape index (κ2) is 8.80. The Morgan fingerprint density at radius 1 is 1.03 bits per heavy atom. The van der Waals surface area contributed by atoms with Crippen LogP contribution in [0, 0.1) is 0 Å². The summed E-state index contributed by atoms with van der Waals surface area (Å²) < 4.78 is 64.7. The van der Waals surface area contributed by atoms with E-state index in [1.165, 1.54) is 0 Å². The SMILES string of the molecule is O=C(CNS(=O)(=O)c1cccc(C(F)(F)F)c1)NCCc1cccc2cccnc12. The van der Waals surface area contributed by atoms with Gasteiger partial charge in [0.2, 0.25) is 15.9 Å². The molecule has 0 fully saturated rings. The van der Waals surface area contributed by atoms with Gasteiger partial charge in [0, 0.05) is 18.1 Å². The molecule has 158 valence electrons. The zero-order valence-corrected chi connectivity index (χ0v) is 16.4. The summed E-state index contributed by atoms with van der Waals surface area (Å²) in [4.78, 5) is 15.7. The van der Waals surface area contributed by atoms with E-state index in [4.69, 9.17) is 0 Å². The van der Waals surface area contributed by atoms with Gasteiger partial charge in [-0.05, 0) is 36.2 Å². The number of nitrogens with zero attached hydrogens (tertiary/aromatic N) is 1. The number of hydrogen-bond acceptors (Lipinski definition) is 4. The lowest BCUT2D eigenvalue weighted by atomic mass is 10.1. The molecular weight excluding hydrogens is 419 g/mol. The minimum absolute atomic E-state index is 0.250. The Hall–Kier alpha value is -2.98. The van der Waals surface area contributed by atoms with Crippen LogP contribution in [0.3, 0.4) is 0 Å². The molecule has 0 spiro atoms. The molecule has 0 bridgehead atoms. The monoisotopic (exact) mass is 437 g/mol. The molecule has 0 saturated carbocycles. The third-order valence-electron chi connectivity index (χ3n) is 4.33. The molecule has 10 heteroatoms. The maximum Gasteiger partial charge on any atom is 0.416 e. The van der Waals surface area contributed by atoms with Crippen molar-refractivity contribution in [1.29, 1.82) is 0 Å². The summed E-state index contributed by atoms with van der Waals surface area (Å²) in [5.74, 6) is -0.598. The van der Waals surface area contributed by atoms with Crippen LogP contribution in [0.5, 0.6) is 0 Å². The number of alkyl halides is 3. The summed E-state index contributed by atoms with van der Waals surface area (Å²) in [6.45, 7) is -0.341. The first-order valence-electron chi connectivity index (χ1n) is 8.93. The Morgan fingerprint density at radius 3 is 2.53 bits per heavy atom. The number of hydrogen-bond donors (Lipinski definition) is 2. The van der Waals surface area contributed by atoms with Crippen LogP contribution in [0.15, 0.2) is 65.7 Å². The number of carbonyl (C=O) groups excluding carboxylic acids is 1. The molecular formula is C20H18F3N3O3S. The van der Waals surface area contributed by atoms with Gasteiger partial charge in [-0.3, -0.25) is 9.78 Å². The number of aromatic nitrogens is 1. The van der Waals surface area contributed by atoms with Gasteiger partial charge < -0.3 is 5.32 Å². The standard InChI is InChI=1S/C20H18F3N3O3S/c21-20(22,23)16-7-2-8-17(12-16)30(28,29)26-13-18(27)24-11-9-15-5-1-4-14-6-3-10-25-19(14)15/h1-8,10,12,26H,9,11,13H2,(H,24,27). The van der Waals surface area contributed by atoms with E-state index in [1.54, 1.807) is 6.20 Å². The maximum atomic E-state index is 12.8. The fraction of sp³-hybridized carbons (Fsp3) is 0.200. The molecule has 0 unspecified atom stereocenters. The Kier molecular flexibility index (Phi) is 6.37. The molecule has 1 heterocycles. The van der Waals surface area contributed by atoms with Gasteiger partial charge in [-0.25, -0.2) is 13.1 Å². The smallest absolute Gasteiger partial charge is 0.355 e. The zero-order chi connectivity index (χ0) is 21.8. The van der Waals surface area contributed by atoms with Crippen molar-refractivity contribution in [2.24, 2.45) is 0 Å². The van der Waals surface area contributed by atoms with Crippen molar-refractivity contribution in [3.8, 4) is 0 Å². The fourth-order valence-electron chi connectivity index (χ4n) is 2.85. The summed E-state index contributed by atoms with van der Waals surface area (Å²) in [6.07, 6.45) is -2.51. The average Bonchev–Trinajstić information content (AvgIpc) is 2.72. The van der Waals surface area contributed by atoms with E-state index in [1.807, 2.05) is 35.1 Å². The predicted octanol–water partition coefficient (Wildman–Crippen LogP) is 2.89. The molecule has 0 radical (unpaired) electrons. The highest BCUT2D eigenvalue weighted by Gasteiger charge is 2.31. The molecule has 3 aromatic rings. The minimum Gasteiger partial charge on any atom is -0.355 e. The Bertz CT molecular complexity index is 1160. The van der Waals surface area contributed by atoms with E-state index < -0.39 is 39.1 Å². The summed E-state index contributed by atoms with van der Waals surface area (Å²) in [5, 5.41) is 3.55. The molecule has 1 aromatic heterocycles. The van der Waals surface area contributed by atoms with Gasteiger partial charge in [-0.2, -0.15) is 13.2 Å². The third-order valence-corrected chi connectivity index (χ3v) is 5.73. The van der Waals surface area contributed by atoms with Crippen LogP contribution in [-0.4, -0.2) is 32.4 Å². The van der Waals surface area contributed by atoms with E-state index in [-0.39, 0.29) is 6.54 Å². The molecule has 2 aromatic carbocycles. The number of sulfonamides is 1. The van der Waals surface area contributed by atoms with Gasteiger partial charge in [0.25, 0.3) is 0 Å². The number of para-hydroxylation sites is 1. The molecule has 3 rings (SSSR count). The van der Waals surface area contributed by atoms with Gasteiger partial charge in [-0.1, -0.05) is 30.3 Å². The van der Waals surface area contributed by atoms with Crippen LogP contribution in [-0.2, 0) is 27.4 Å². The number of amides is 1. The van der Waals surface area contributed by atoms with E-state index in [9.17, 15) is 26.4 Å². The largest absolute Gasteiger partial charge is 0.416 e. The van der Waals surface area contributed by atoms with Crippen LogP contribution in [0.4, 0.5) is 13.2 Å². The molecule has 6 nitrogen and oxygen atoms in total. The average molecular weight is 437 g/mol. The van der Waals surface area contributed by atoms with Crippen LogP contribution in [0.2, 0.25) is 0 Å². The lowest BCUT2D eigenvalue weighted by molar-refractivity contribution is -0.137. The van der Waals surface area contributed by atoms with Crippen molar-refractivity contribution >= 4 is 26.8 Å². The van der Waals surface area contributed by atoms with E-state index in [0.29, 0.717) is 12.5 Å². The first kappa shape index (κ1) is 21.7. The maximum absolute atomic E-state index is 12.8. The Morgan fingerprint density at radius 2 is 1.77 bits per heavy atom. The van der Waals surface area contributed by atoms with Crippen molar-refractivity contribution < 1.29 is 26.4 Å². The third kappa shape index (κ3) is 5.33. The Balaban J connectivity index is 1.55. The van der Waals surface area contributed by atoms with Crippen molar-refractivity contribution in [1.82, 2.24) is 15.0 Å². The number of fused-ring (bicyclic) bond motifs is 1. The summed E-state index contributed by atoms with van der Waals surface area (Å²) >= 11 is 0. The summed E-state index contributed by atoms with van der Waals surface area (Å²) in [7, 11) is -4.26. The minimum atomic E-state index is -4.67. The number of carbonyl (C=O) groups is 1. The highest BCUT2D eigenvalue weighted by atomic mass is 32.2. The molecule has 1 amide bonds. The lowest BCUT2D eigenvalue weighted by Gasteiger charge is -2.11. The number of halogens is 3. The normalized spacial score (nSPS) is 12.1. The summed E-state index contributed by atoms with van der Waals surface area (Å²) in [6, 6.07) is 12.8. The topological polar surface area (TPSA) is 88.2 Å².